The Bertz CT molecular complexity index is 740. The van der Waals surface area contributed by atoms with Crippen molar-refractivity contribution in [2.75, 3.05) is 20.3 Å². The number of piperidine rings is 1. The van der Waals surface area contributed by atoms with Gasteiger partial charge in [-0.25, -0.2) is 0 Å². The molecule has 0 spiro atoms. The zero-order valence-corrected chi connectivity index (χ0v) is 21.8. The fourth-order valence-corrected chi connectivity index (χ4v) is 10.3. The fraction of sp³-hybridized carbons (Fsp3) is 0.966. The number of hydrogen-bond acceptors (Lipinski definition) is 3. The number of rotatable bonds is 4. The van der Waals surface area contributed by atoms with E-state index < -0.39 is 5.60 Å². The molecule has 0 radical (unpaired) electrons. The smallest absolute Gasteiger partial charge is 0.226 e. The van der Waals surface area contributed by atoms with Gasteiger partial charge in [-0.3, -0.25) is 4.79 Å². The number of amides is 1. The van der Waals surface area contributed by atoms with E-state index in [1.807, 2.05) is 0 Å². The van der Waals surface area contributed by atoms with Crippen LogP contribution in [0.4, 0.5) is 0 Å². The van der Waals surface area contributed by atoms with E-state index in [1.165, 1.54) is 57.8 Å². The van der Waals surface area contributed by atoms with Gasteiger partial charge in [-0.15, -0.1) is 0 Å². The maximum absolute atomic E-state index is 13.8. The van der Waals surface area contributed by atoms with Gasteiger partial charge in [0.15, 0.2) is 0 Å². The Labute approximate surface area is 202 Å². The van der Waals surface area contributed by atoms with Gasteiger partial charge >= 0.3 is 0 Å². The Kier molecular flexibility index (Phi) is 6.43. The number of ether oxygens (including phenoxy) is 1. The molecule has 1 amide bonds. The van der Waals surface area contributed by atoms with Crippen molar-refractivity contribution in [3.8, 4) is 0 Å². The van der Waals surface area contributed by atoms with Crippen LogP contribution in [0.15, 0.2) is 0 Å². The summed E-state index contributed by atoms with van der Waals surface area (Å²) < 4.78 is 5.41. The first-order valence-electron chi connectivity index (χ1n) is 14.3. The van der Waals surface area contributed by atoms with Crippen LogP contribution in [0.5, 0.6) is 0 Å². The van der Waals surface area contributed by atoms with E-state index in [9.17, 15) is 9.90 Å². The normalized spacial score (nSPS) is 49.8. The second-order valence-corrected chi connectivity index (χ2v) is 13.2. The summed E-state index contributed by atoms with van der Waals surface area (Å²) in [6, 6.07) is 0.428. The Hall–Kier alpha value is -0.610. The number of carbonyl (C=O) groups excluding carboxylic acids is 1. The monoisotopic (exact) mass is 459 g/mol. The molecule has 1 saturated heterocycles. The Morgan fingerprint density at radius 2 is 1.85 bits per heavy atom. The van der Waals surface area contributed by atoms with Crippen molar-refractivity contribution in [2.45, 2.75) is 116 Å². The number of fused-ring (bicyclic) bond motifs is 5. The Morgan fingerprint density at radius 1 is 1.03 bits per heavy atom. The third-order valence-electron chi connectivity index (χ3n) is 12.0. The first-order valence-corrected chi connectivity index (χ1v) is 14.3. The molecular formula is C29H49NO3. The molecule has 5 fully saturated rings. The topological polar surface area (TPSA) is 49.8 Å². The lowest BCUT2D eigenvalue weighted by Crippen LogP contribution is -2.58. The van der Waals surface area contributed by atoms with Crippen molar-refractivity contribution >= 4 is 5.91 Å². The van der Waals surface area contributed by atoms with Crippen LogP contribution in [0.3, 0.4) is 0 Å². The van der Waals surface area contributed by atoms with Crippen LogP contribution in [0.25, 0.3) is 0 Å². The van der Waals surface area contributed by atoms with E-state index >= 15 is 0 Å². The summed E-state index contributed by atoms with van der Waals surface area (Å²) in [5, 5.41) is 11.2. The summed E-state index contributed by atoms with van der Waals surface area (Å²) >= 11 is 0. The molecule has 33 heavy (non-hydrogen) atoms. The molecule has 9 atom stereocenters. The van der Waals surface area contributed by atoms with Crippen molar-refractivity contribution in [2.24, 2.45) is 40.4 Å². The van der Waals surface area contributed by atoms with E-state index in [4.69, 9.17) is 4.74 Å². The number of aliphatic hydroxyl groups is 1. The summed E-state index contributed by atoms with van der Waals surface area (Å²) in [6.07, 6.45) is 15.3. The average Bonchev–Trinajstić information content (AvgIpc) is 3.16. The van der Waals surface area contributed by atoms with Crippen LogP contribution < -0.4 is 0 Å². The Balaban J connectivity index is 1.36. The van der Waals surface area contributed by atoms with Gasteiger partial charge in [0, 0.05) is 25.6 Å². The molecule has 1 N–H and O–H groups in total. The molecule has 5 aliphatic rings. The molecule has 1 aliphatic heterocycles. The summed E-state index contributed by atoms with van der Waals surface area (Å²) in [5.74, 6) is 3.66. The van der Waals surface area contributed by atoms with E-state index in [1.54, 1.807) is 7.11 Å². The molecule has 1 heterocycles. The minimum atomic E-state index is -0.621. The molecule has 4 nitrogen and oxygen atoms in total. The van der Waals surface area contributed by atoms with E-state index in [2.05, 4.69) is 25.7 Å². The van der Waals surface area contributed by atoms with Crippen molar-refractivity contribution < 1.29 is 14.6 Å². The highest BCUT2D eigenvalue weighted by Crippen LogP contribution is 2.69. The highest BCUT2D eigenvalue weighted by Gasteiger charge is 2.63. The predicted octanol–water partition coefficient (Wildman–Crippen LogP) is 5.81. The zero-order valence-electron chi connectivity index (χ0n) is 21.8. The third-order valence-corrected chi connectivity index (χ3v) is 12.0. The van der Waals surface area contributed by atoms with Crippen molar-refractivity contribution in [1.29, 1.82) is 0 Å². The summed E-state index contributed by atoms with van der Waals surface area (Å²) in [4.78, 5) is 16.1. The van der Waals surface area contributed by atoms with Gasteiger partial charge in [-0.05, 0) is 125 Å². The molecule has 0 aromatic carbocycles. The van der Waals surface area contributed by atoms with Crippen molar-refractivity contribution in [1.82, 2.24) is 4.90 Å². The van der Waals surface area contributed by atoms with Gasteiger partial charge < -0.3 is 14.7 Å². The van der Waals surface area contributed by atoms with Crippen LogP contribution in [-0.4, -0.2) is 47.8 Å². The van der Waals surface area contributed by atoms with E-state index in [0.717, 1.165) is 50.0 Å². The van der Waals surface area contributed by atoms with Gasteiger partial charge in [0.1, 0.15) is 0 Å². The molecule has 4 saturated carbocycles. The van der Waals surface area contributed by atoms with E-state index in [-0.39, 0.29) is 11.3 Å². The van der Waals surface area contributed by atoms with Crippen LogP contribution in [-0.2, 0) is 9.53 Å². The zero-order chi connectivity index (χ0) is 23.4. The number of carbonyl (C=O) groups is 1. The van der Waals surface area contributed by atoms with Gasteiger partial charge in [-0.2, -0.15) is 0 Å². The molecule has 4 heteroatoms. The van der Waals surface area contributed by atoms with E-state index in [0.29, 0.717) is 29.9 Å². The molecule has 0 bridgehead atoms. The standard InChI is InChI=1S/C29H49NO3/c1-5-29-16-15-28(32,19-33-4)18-21(29)9-10-22-23-11-12-25(27(23,3)14-13-24(22)29)26(31)30-17-7-6-8-20(30)2/h20-25,32H,5-19H2,1-4H3/t20-,21-,22+,23+,24+,25-,27+,28-,29+/m1/s1. The lowest BCUT2D eigenvalue weighted by Gasteiger charge is -2.63. The number of hydrogen-bond donors (Lipinski definition) is 1. The largest absolute Gasteiger partial charge is 0.387 e. The maximum Gasteiger partial charge on any atom is 0.226 e. The third kappa shape index (κ3) is 3.72. The first kappa shape index (κ1) is 24.1. The second kappa shape index (κ2) is 8.80. The van der Waals surface area contributed by atoms with Crippen LogP contribution in [0.2, 0.25) is 0 Å². The summed E-state index contributed by atoms with van der Waals surface area (Å²) in [6.45, 7) is 8.65. The summed E-state index contributed by atoms with van der Waals surface area (Å²) in [7, 11) is 1.72. The maximum atomic E-state index is 13.8. The molecule has 0 aromatic heterocycles. The summed E-state index contributed by atoms with van der Waals surface area (Å²) in [5.41, 5.74) is -0.0273. The van der Waals surface area contributed by atoms with Gasteiger partial charge in [-0.1, -0.05) is 13.8 Å². The van der Waals surface area contributed by atoms with Crippen LogP contribution in [0, 0.1) is 40.4 Å². The molecule has 4 aliphatic carbocycles. The lowest BCUT2D eigenvalue weighted by molar-refractivity contribution is -0.173. The lowest BCUT2D eigenvalue weighted by atomic mass is 9.42. The van der Waals surface area contributed by atoms with Gasteiger partial charge in [0.25, 0.3) is 0 Å². The fourth-order valence-electron chi connectivity index (χ4n) is 10.3. The molecule has 188 valence electrons. The molecule has 0 aromatic rings. The number of nitrogens with zero attached hydrogens (tertiary/aromatic N) is 1. The first-order chi connectivity index (χ1) is 15.8. The highest BCUT2D eigenvalue weighted by atomic mass is 16.5. The minimum absolute atomic E-state index is 0.197. The quantitative estimate of drug-likeness (QED) is 0.577. The SMILES string of the molecule is CC[C@]12CC[C@](O)(COC)C[C@H]1CC[C@H]1[C@@H]3CC[C@H](C(=O)N4CCCC[C@H]4C)[C@@]3(C)CC[C@@H]12. The molecular weight excluding hydrogens is 410 g/mol. The average molecular weight is 460 g/mol. The molecule has 0 unspecified atom stereocenters. The second-order valence-electron chi connectivity index (χ2n) is 13.2. The van der Waals surface area contributed by atoms with Gasteiger partial charge in [0.05, 0.1) is 12.2 Å². The highest BCUT2D eigenvalue weighted by molar-refractivity contribution is 5.80. The van der Waals surface area contributed by atoms with Gasteiger partial charge in [0.2, 0.25) is 5.91 Å². The van der Waals surface area contributed by atoms with Crippen molar-refractivity contribution in [3.05, 3.63) is 0 Å². The predicted molar refractivity (Wildman–Crippen MR) is 132 cm³/mol. The van der Waals surface area contributed by atoms with Crippen LogP contribution in [0.1, 0.15) is 104 Å². The van der Waals surface area contributed by atoms with Crippen molar-refractivity contribution in [3.63, 3.8) is 0 Å². The number of methoxy groups -OCH3 is 1. The van der Waals surface area contributed by atoms with Crippen LogP contribution >= 0.6 is 0 Å². The Morgan fingerprint density at radius 3 is 2.58 bits per heavy atom. The minimum Gasteiger partial charge on any atom is -0.387 e. The number of likely N-dealkylation sites (tertiary alicyclic amines) is 1. The molecule has 5 rings (SSSR count).